The van der Waals surface area contributed by atoms with Crippen LogP contribution >= 0.6 is 11.3 Å². The van der Waals surface area contributed by atoms with Crippen molar-refractivity contribution in [1.82, 2.24) is 4.98 Å². The summed E-state index contributed by atoms with van der Waals surface area (Å²) in [7, 11) is 1.58. The third-order valence-corrected chi connectivity index (χ3v) is 3.73. The van der Waals surface area contributed by atoms with Gasteiger partial charge in [-0.2, -0.15) is 0 Å². The number of methoxy groups -OCH3 is 1. The highest BCUT2D eigenvalue weighted by Gasteiger charge is 2.11. The third kappa shape index (κ3) is 1.32. The molecule has 3 rings (SSSR count). The Morgan fingerprint density at radius 2 is 2.18 bits per heavy atom. The van der Waals surface area contributed by atoms with Gasteiger partial charge in [-0.15, -0.1) is 11.3 Å². The fourth-order valence-electron chi connectivity index (χ4n) is 2.03. The zero-order valence-corrected chi connectivity index (χ0v) is 9.93. The number of fused-ring (bicyclic) bond motifs is 3. The smallest absolute Gasteiger partial charge is 0.266 e. The summed E-state index contributed by atoms with van der Waals surface area (Å²) in [5.74, 6) is 0.622. The summed E-state index contributed by atoms with van der Waals surface area (Å²) < 4.78 is 5.89. The normalized spacial score (nSPS) is 11.1. The lowest BCUT2D eigenvalue weighted by molar-refractivity contribution is 0.417. The summed E-state index contributed by atoms with van der Waals surface area (Å²) in [6, 6.07) is 5.47. The van der Waals surface area contributed by atoms with E-state index in [1.54, 1.807) is 13.2 Å². The molecule has 5 heteroatoms. The van der Waals surface area contributed by atoms with Crippen molar-refractivity contribution in [2.45, 2.75) is 0 Å². The Labute approximate surface area is 101 Å². The second kappa shape index (κ2) is 3.49. The SMILES string of the molecule is COc1ccc2[nH]c(=O)c3sccc3c2c1N. The number of benzene rings is 1. The van der Waals surface area contributed by atoms with Gasteiger partial charge in [-0.3, -0.25) is 4.79 Å². The minimum Gasteiger partial charge on any atom is -0.495 e. The molecule has 0 aliphatic heterocycles. The number of aromatic nitrogens is 1. The van der Waals surface area contributed by atoms with Crippen molar-refractivity contribution in [3.63, 3.8) is 0 Å². The molecule has 0 spiro atoms. The zero-order chi connectivity index (χ0) is 12.0. The Kier molecular flexibility index (Phi) is 2.09. The molecule has 0 aliphatic rings. The van der Waals surface area contributed by atoms with Crippen molar-refractivity contribution in [2.75, 3.05) is 12.8 Å². The Balaban J connectivity index is 2.62. The molecule has 3 N–H and O–H groups in total. The number of rotatable bonds is 1. The van der Waals surface area contributed by atoms with E-state index in [-0.39, 0.29) is 5.56 Å². The van der Waals surface area contributed by atoms with E-state index in [0.29, 0.717) is 16.1 Å². The molecule has 0 fully saturated rings. The minimum absolute atomic E-state index is 0.0768. The van der Waals surface area contributed by atoms with E-state index in [0.717, 1.165) is 16.3 Å². The second-order valence-electron chi connectivity index (χ2n) is 3.72. The first-order valence-corrected chi connectivity index (χ1v) is 5.96. The average Bonchev–Trinajstić information content (AvgIpc) is 2.79. The molecule has 17 heavy (non-hydrogen) atoms. The van der Waals surface area contributed by atoms with Crippen LogP contribution in [0.25, 0.3) is 21.0 Å². The van der Waals surface area contributed by atoms with Crippen LogP contribution in [0.2, 0.25) is 0 Å². The molecule has 0 unspecified atom stereocenters. The van der Waals surface area contributed by atoms with Gasteiger partial charge in [0.2, 0.25) is 0 Å². The molecule has 86 valence electrons. The molecule has 2 aromatic heterocycles. The monoisotopic (exact) mass is 246 g/mol. The van der Waals surface area contributed by atoms with Crippen molar-refractivity contribution in [2.24, 2.45) is 0 Å². The number of thiophene rings is 1. The van der Waals surface area contributed by atoms with Crippen LogP contribution in [0, 0.1) is 0 Å². The summed E-state index contributed by atoms with van der Waals surface area (Å²) in [6.07, 6.45) is 0. The number of nitrogens with two attached hydrogens (primary N) is 1. The van der Waals surface area contributed by atoms with E-state index < -0.39 is 0 Å². The largest absolute Gasteiger partial charge is 0.495 e. The molecule has 4 nitrogen and oxygen atoms in total. The van der Waals surface area contributed by atoms with E-state index in [4.69, 9.17) is 10.5 Å². The molecule has 0 bridgehead atoms. The molecule has 2 heterocycles. The Morgan fingerprint density at radius 1 is 1.35 bits per heavy atom. The number of pyridine rings is 1. The molecule has 0 aliphatic carbocycles. The predicted molar refractivity (Wildman–Crippen MR) is 70.9 cm³/mol. The highest BCUT2D eigenvalue weighted by Crippen LogP contribution is 2.34. The van der Waals surface area contributed by atoms with E-state index >= 15 is 0 Å². The summed E-state index contributed by atoms with van der Waals surface area (Å²) in [6.45, 7) is 0. The number of aromatic amines is 1. The Bertz CT molecular complexity index is 773. The minimum atomic E-state index is -0.0768. The summed E-state index contributed by atoms with van der Waals surface area (Å²) >= 11 is 1.41. The van der Waals surface area contributed by atoms with Crippen LogP contribution in [0.15, 0.2) is 28.4 Å². The molecule has 0 radical (unpaired) electrons. The standard InChI is InChI=1S/C12H10N2O2S/c1-16-8-3-2-7-9(10(8)13)6-4-5-17-11(6)12(15)14-7/h2-5H,13H2,1H3,(H,14,15). The number of nitrogen functional groups attached to an aromatic ring is 1. The van der Waals surface area contributed by atoms with Gasteiger partial charge in [-0.05, 0) is 23.6 Å². The number of hydrogen-bond donors (Lipinski definition) is 2. The fraction of sp³-hybridized carbons (Fsp3) is 0.0833. The lowest BCUT2D eigenvalue weighted by Gasteiger charge is -2.08. The van der Waals surface area contributed by atoms with Crippen LogP contribution in [0.5, 0.6) is 5.75 Å². The third-order valence-electron chi connectivity index (χ3n) is 2.81. The lowest BCUT2D eigenvalue weighted by Crippen LogP contribution is -2.05. The number of ether oxygens (including phenoxy) is 1. The summed E-state index contributed by atoms with van der Waals surface area (Å²) in [4.78, 5) is 14.6. The van der Waals surface area contributed by atoms with E-state index in [1.807, 2.05) is 17.5 Å². The fourth-order valence-corrected chi connectivity index (χ4v) is 2.83. The van der Waals surface area contributed by atoms with Gasteiger partial charge in [-0.1, -0.05) is 0 Å². The quantitative estimate of drug-likeness (QED) is 0.647. The van der Waals surface area contributed by atoms with Gasteiger partial charge in [0.05, 0.1) is 18.3 Å². The van der Waals surface area contributed by atoms with Gasteiger partial charge in [-0.25, -0.2) is 0 Å². The van der Waals surface area contributed by atoms with Crippen LogP contribution in [0.3, 0.4) is 0 Å². The topological polar surface area (TPSA) is 68.1 Å². The van der Waals surface area contributed by atoms with E-state index in [2.05, 4.69) is 4.98 Å². The number of H-pyrrole nitrogens is 1. The molecular weight excluding hydrogens is 236 g/mol. The zero-order valence-electron chi connectivity index (χ0n) is 9.11. The predicted octanol–water partition coefficient (Wildman–Crippen LogP) is 2.33. The Morgan fingerprint density at radius 3 is 2.94 bits per heavy atom. The first kappa shape index (κ1) is 10.2. The highest BCUT2D eigenvalue weighted by atomic mass is 32.1. The van der Waals surface area contributed by atoms with E-state index in [1.165, 1.54) is 11.3 Å². The van der Waals surface area contributed by atoms with Gasteiger partial charge < -0.3 is 15.5 Å². The second-order valence-corrected chi connectivity index (χ2v) is 4.64. The lowest BCUT2D eigenvalue weighted by atomic mass is 10.1. The van der Waals surface area contributed by atoms with Crippen LogP contribution < -0.4 is 16.0 Å². The molecule has 3 aromatic rings. The van der Waals surface area contributed by atoms with Gasteiger partial charge in [0, 0.05) is 10.8 Å². The highest BCUT2D eigenvalue weighted by molar-refractivity contribution is 7.17. The Hall–Kier alpha value is -2.01. The maximum absolute atomic E-state index is 11.8. The summed E-state index contributed by atoms with van der Waals surface area (Å²) in [5, 5.41) is 3.61. The molecule has 0 saturated carbocycles. The summed E-state index contributed by atoms with van der Waals surface area (Å²) in [5.41, 5.74) is 7.28. The maximum atomic E-state index is 11.8. The van der Waals surface area contributed by atoms with Gasteiger partial charge in [0.15, 0.2) is 0 Å². The van der Waals surface area contributed by atoms with Crippen LogP contribution in [-0.2, 0) is 0 Å². The van der Waals surface area contributed by atoms with Crippen molar-refractivity contribution < 1.29 is 4.74 Å². The van der Waals surface area contributed by atoms with Gasteiger partial charge >= 0.3 is 0 Å². The first-order chi connectivity index (χ1) is 8.22. The van der Waals surface area contributed by atoms with Crippen LogP contribution in [0.4, 0.5) is 5.69 Å². The maximum Gasteiger partial charge on any atom is 0.266 e. The molecule has 0 amide bonds. The molecule has 1 aromatic carbocycles. The molecular formula is C12H10N2O2S. The molecule has 0 saturated heterocycles. The molecule has 0 atom stereocenters. The van der Waals surface area contributed by atoms with Gasteiger partial charge in [0.1, 0.15) is 10.4 Å². The van der Waals surface area contributed by atoms with Gasteiger partial charge in [0.25, 0.3) is 5.56 Å². The van der Waals surface area contributed by atoms with Crippen LogP contribution in [-0.4, -0.2) is 12.1 Å². The van der Waals surface area contributed by atoms with E-state index in [9.17, 15) is 4.79 Å². The first-order valence-electron chi connectivity index (χ1n) is 5.08. The van der Waals surface area contributed by atoms with Crippen molar-refractivity contribution >= 4 is 38.0 Å². The number of anilines is 1. The number of nitrogens with one attached hydrogen (secondary N) is 1. The van der Waals surface area contributed by atoms with Crippen molar-refractivity contribution in [3.8, 4) is 5.75 Å². The van der Waals surface area contributed by atoms with Crippen molar-refractivity contribution in [1.29, 1.82) is 0 Å². The van der Waals surface area contributed by atoms with Crippen molar-refractivity contribution in [3.05, 3.63) is 33.9 Å². The average molecular weight is 246 g/mol. The van der Waals surface area contributed by atoms with Crippen LogP contribution in [0.1, 0.15) is 0 Å². The number of hydrogen-bond acceptors (Lipinski definition) is 4.